The van der Waals surface area contributed by atoms with Crippen molar-refractivity contribution in [3.63, 3.8) is 0 Å². The zero-order valence-electron chi connectivity index (χ0n) is 8.67. The van der Waals surface area contributed by atoms with E-state index in [-0.39, 0.29) is 5.91 Å². The maximum atomic E-state index is 11.5. The minimum Gasteiger partial charge on any atom is -0.351 e. The van der Waals surface area contributed by atoms with Gasteiger partial charge in [-0.1, -0.05) is 34.8 Å². The van der Waals surface area contributed by atoms with Gasteiger partial charge < -0.3 is 5.32 Å². The summed E-state index contributed by atoms with van der Waals surface area (Å²) in [6.45, 7) is 0.791. The average molecular weight is 290 g/mol. The van der Waals surface area contributed by atoms with Gasteiger partial charge in [-0.2, -0.15) is 0 Å². The Morgan fingerprint density at radius 3 is 2.80 bits per heavy atom. The van der Waals surface area contributed by atoms with Crippen molar-refractivity contribution in [1.29, 1.82) is 0 Å². The predicted octanol–water partition coefficient (Wildman–Crippen LogP) is 3.43. The van der Waals surface area contributed by atoms with Crippen molar-refractivity contribution in [3.8, 4) is 0 Å². The van der Waals surface area contributed by atoms with Gasteiger partial charge in [0.15, 0.2) is 0 Å². The van der Waals surface area contributed by atoms with Gasteiger partial charge in [0.2, 0.25) is 0 Å². The fourth-order valence-corrected chi connectivity index (χ4v) is 2.31. The first kappa shape index (κ1) is 12.7. The highest BCUT2D eigenvalue weighted by Crippen LogP contribution is 2.07. The van der Waals surface area contributed by atoms with Crippen LogP contribution >= 0.6 is 27.3 Å². The summed E-state index contributed by atoms with van der Waals surface area (Å²) in [6, 6.07) is 3.75. The normalized spacial score (nSPS) is 10.2. The van der Waals surface area contributed by atoms with Gasteiger partial charge in [-0.3, -0.25) is 4.79 Å². The first-order valence-corrected chi connectivity index (χ1v) is 7.22. The van der Waals surface area contributed by atoms with E-state index in [2.05, 4.69) is 21.2 Å². The second-order valence-corrected chi connectivity index (χ2v) is 5.08. The van der Waals surface area contributed by atoms with Crippen LogP contribution in [0.1, 0.15) is 35.4 Å². The molecule has 0 unspecified atom stereocenters. The standard InChI is InChI=1S/C11H16BrNOS/c12-7-3-1-2-4-8-13-11(14)10-6-5-9-15-10/h5-6,9H,1-4,7-8H2,(H,13,14). The van der Waals surface area contributed by atoms with Crippen LogP contribution in [0.4, 0.5) is 0 Å². The summed E-state index contributed by atoms with van der Waals surface area (Å²) in [7, 11) is 0. The van der Waals surface area contributed by atoms with Gasteiger partial charge in [-0.15, -0.1) is 11.3 Å². The van der Waals surface area contributed by atoms with Gasteiger partial charge in [-0.25, -0.2) is 0 Å². The van der Waals surface area contributed by atoms with Crippen LogP contribution in [0.15, 0.2) is 17.5 Å². The molecule has 1 amide bonds. The van der Waals surface area contributed by atoms with Crippen LogP contribution in [-0.4, -0.2) is 17.8 Å². The number of hydrogen-bond donors (Lipinski definition) is 1. The number of nitrogens with one attached hydrogen (secondary N) is 1. The van der Waals surface area contributed by atoms with E-state index in [1.807, 2.05) is 17.5 Å². The maximum absolute atomic E-state index is 11.5. The topological polar surface area (TPSA) is 29.1 Å². The summed E-state index contributed by atoms with van der Waals surface area (Å²) in [4.78, 5) is 12.3. The Balaban J connectivity index is 2.03. The zero-order valence-corrected chi connectivity index (χ0v) is 11.1. The molecule has 1 N–H and O–H groups in total. The number of rotatable bonds is 7. The average Bonchev–Trinajstić information content (AvgIpc) is 2.76. The van der Waals surface area contributed by atoms with Gasteiger partial charge in [0, 0.05) is 11.9 Å². The number of alkyl halides is 1. The van der Waals surface area contributed by atoms with E-state index in [0.717, 1.165) is 23.2 Å². The molecule has 0 saturated heterocycles. The molecule has 0 aliphatic rings. The molecule has 0 radical (unpaired) electrons. The van der Waals surface area contributed by atoms with Crippen LogP contribution in [-0.2, 0) is 0 Å². The summed E-state index contributed by atoms with van der Waals surface area (Å²) >= 11 is 4.88. The minimum absolute atomic E-state index is 0.0606. The smallest absolute Gasteiger partial charge is 0.261 e. The molecule has 84 valence electrons. The Labute approximate surface area is 103 Å². The van der Waals surface area contributed by atoms with Gasteiger partial charge in [0.1, 0.15) is 0 Å². The van der Waals surface area contributed by atoms with Gasteiger partial charge in [0.25, 0.3) is 5.91 Å². The minimum atomic E-state index is 0.0606. The lowest BCUT2D eigenvalue weighted by Crippen LogP contribution is -2.23. The van der Waals surface area contributed by atoms with E-state index < -0.39 is 0 Å². The lowest BCUT2D eigenvalue weighted by Gasteiger charge is -2.02. The van der Waals surface area contributed by atoms with E-state index in [4.69, 9.17) is 0 Å². The van der Waals surface area contributed by atoms with Crippen LogP contribution in [0.2, 0.25) is 0 Å². The molecule has 1 aromatic heterocycles. The Hall–Kier alpha value is -0.350. The number of amides is 1. The van der Waals surface area contributed by atoms with Gasteiger partial charge in [0.05, 0.1) is 4.88 Å². The Morgan fingerprint density at radius 2 is 2.13 bits per heavy atom. The summed E-state index contributed by atoms with van der Waals surface area (Å²) in [6.07, 6.45) is 4.72. The van der Waals surface area contributed by atoms with E-state index in [0.29, 0.717) is 0 Å². The molecule has 0 aromatic carbocycles. The molecular weight excluding hydrogens is 274 g/mol. The van der Waals surface area contributed by atoms with E-state index in [9.17, 15) is 4.79 Å². The van der Waals surface area contributed by atoms with E-state index in [1.54, 1.807) is 0 Å². The molecule has 0 atom stereocenters. The number of thiophene rings is 1. The largest absolute Gasteiger partial charge is 0.351 e. The van der Waals surface area contributed by atoms with Crippen LogP contribution < -0.4 is 5.32 Å². The molecule has 0 spiro atoms. The molecular formula is C11H16BrNOS. The fraction of sp³-hybridized carbons (Fsp3) is 0.545. The van der Waals surface area contributed by atoms with Crippen LogP contribution in [0.25, 0.3) is 0 Å². The number of carbonyl (C=O) groups excluding carboxylic acids is 1. The number of unbranched alkanes of at least 4 members (excludes halogenated alkanes) is 3. The molecule has 0 aliphatic carbocycles. The summed E-state index contributed by atoms with van der Waals surface area (Å²) in [5.41, 5.74) is 0. The summed E-state index contributed by atoms with van der Waals surface area (Å²) in [5, 5.41) is 5.92. The summed E-state index contributed by atoms with van der Waals surface area (Å²) < 4.78 is 0. The van der Waals surface area contributed by atoms with Crippen molar-refractivity contribution in [2.45, 2.75) is 25.7 Å². The maximum Gasteiger partial charge on any atom is 0.261 e. The van der Waals surface area contributed by atoms with Crippen molar-refractivity contribution in [3.05, 3.63) is 22.4 Å². The molecule has 1 rings (SSSR count). The van der Waals surface area contributed by atoms with Crippen molar-refractivity contribution < 1.29 is 4.79 Å². The molecule has 0 aliphatic heterocycles. The highest BCUT2D eigenvalue weighted by atomic mass is 79.9. The number of carbonyl (C=O) groups is 1. The van der Waals surface area contributed by atoms with E-state index in [1.165, 1.54) is 30.6 Å². The van der Waals surface area contributed by atoms with Gasteiger partial charge >= 0.3 is 0 Å². The van der Waals surface area contributed by atoms with Crippen molar-refractivity contribution >= 4 is 33.2 Å². The molecule has 1 aromatic rings. The Kier molecular flexibility index (Phi) is 6.68. The SMILES string of the molecule is O=C(NCCCCCCBr)c1cccs1. The quantitative estimate of drug-likeness (QED) is 0.605. The monoisotopic (exact) mass is 289 g/mol. The highest BCUT2D eigenvalue weighted by molar-refractivity contribution is 9.09. The summed E-state index contributed by atoms with van der Waals surface area (Å²) in [5.74, 6) is 0.0606. The van der Waals surface area contributed by atoms with Gasteiger partial charge in [-0.05, 0) is 24.3 Å². The first-order chi connectivity index (χ1) is 7.34. The molecule has 2 nitrogen and oxygen atoms in total. The third kappa shape index (κ3) is 5.33. The first-order valence-electron chi connectivity index (χ1n) is 5.22. The zero-order chi connectivity index (χ0) is 10.9. The molecule has 0 bridgehead atoms. The van der Waals surface area contributed by atoms with Crippen molar-refractivity contribution in [2.75, 3.05) is 11.9 Å². The number of hydrogen-bond acceptors (Lipinski definition) is 2. The lowest BCUT2D eigenvalue weighted by molar-refractivity contribution is 0.0957. The fourth-order valence-electron chi connectivity index (χ4n) is 1.27. The third-order valence-corrected chi connectivity index (χ3v) is 3.52. The van der Waals surface area contributed by atoms with Crippen LogP contribution in [0, 0.1) is 0 Å². The van der Waals surface area contributed by atoms with Crippen LogP contribution in [0.3, 0.4) is 0 Å². The molecule has 0 fully saturated rings. The predicted molar refractivity (Wildman–Crippen MR) is 68.9 cm³/mol. The van der Waals surface area contributed by atoms with Crippen LogP contribution in [0.5, 0.6) is 0 Å². The molecule has 4 heteroatoms. The Morgan fingerprint density at radius 1 is 1.33 bits per heavy atom. The lowest BCUT2D eigenvalue weighted by atomic mass is 10.2. The molecule has 0 saturated carbocycles. The molecule has 1 heterocycles. The second kappa shape index (κ2) is 7.88. The van der Waals surface area contributed by atoms with Crippen molar-refractivity contribution in [1.82, 2.24) is 5.32 Å². The third-order valence-electron chi connectivity index (χ3n) is 2.09. The highest BCUT2D eigenvalue weighted by Gasteiger charge is 2.03. The van der Waals surface area contributed by atoms with E-state index >= 15 is 0 Å². The van der Waals surface area contributed by atoms with Crippen molar-refractivity contribution in [2.24, 2.45) is 0 Å². The number of halogens is 1. The molecule has 15 heavy (non-hydrogen) atoms. The Bertz CT molecular complexity index is 274. The second-order valence-electron chi connectivity index (χ2n) is 3.34.